The molecule has 5 aliphatic rings. The van der Waals surface area contributed by atoms with Crippen LogP contribution in [0.5, 0.6) is 0 Å². The second kappa shape index (κ2) is 9.89. The van der Waals surface area contributed by atoms with Crippen molar-refractivity contribution in [3.63, 3.8) is 0 Å². The van der Waals surface area contributed by atoms with E-state index in [0.717, 1.165) is 19.6 Å². The summed E-state index contributed by atoms with van der Waals surface area (Å²) in [5, 5.41) is 9.53. The number of fused-ring (bicyclic) bond motifs is 2. The Kier molecular flexibility index (Phi) is 6.97. The van der Waals surface area contributed by atoms with Crippen LogP contribution in [0.15, 0.2) is 24.3 Å². The Bertz CT molecular complexity index is 949. The van der Waals surface area contributed by atoms with Gasteiger partial charge in [0.2, 0.25) is 17.7 Å². The smallest absolute Gasteiger partial charge is 0.249 e. The molecule has 5 rings (SSSR count). The Hall–Kier alpha value is -2.27. The number of hydrogen-bond acceptors (Lipinski definition) is 7. The van der Waals surface area contributed by atoms with Crippen LogP contribution in [0.3, 0.4) is 0 Å². The van der Waals surface area contributed by atoms with Gasteiger partial charge in [0.25, 0.3) is 0 Å². The summed E-state index contributed by atoms with van der Waals surface area (Å²) < 4.78 is 12.3. The van der Waals surface area contributed by atoms with Gasteiger partial charge in [-0.25, -0.2) is 0 Å². The van der Waals surface area contributed by atoms with Crippen LogP contribution in [-0.4, -0.2) is 132 Å². The van der Waals surface area contributed by atoms with Gasteiger partial charge in [-0.1, -0.05) is 31.2 Å². The van der Waals surface area contributed by atoms with Crippen molar-refractivity contribution in [2.24, 2.45) is 11.8 Å². The van der Waals surface area contributed by atoms with Crippen LogP contribution < -0.4 is 0 Å². The summed E-state index contributed by atoms with van der Waals surface area (Å²) in [6, 6.07) is -0.869. The lowest BCUT2D eigenvalue weighted by molar-refractivity contribution is -0.154. The fourth-order valence-electron chi connectivity index (χ4n) is 6.70. The van der Waals surface area contributed by atoms with Crippen LogP contribution in [0.1, 0.15) is 19.8 Å². The summed E-state index contributed by atoms with van der Waals surface area (Å²) in [4.78, 5) is 49.1. The quantitative estimate of drug-likeness (QED) is 0.468. The van der Waals surface area contributed by atoms with E-state index < -0.39 is 29.1 Å². The van der Waals surface area contributed by atoms with E-state index in [1.54, 1.807) is 21.7 Å². The van der Waals surface area contributed by atoms with Crippen molar-refractivity contribution >= 4 is 17.7 Å². The van der Waals surface area contributed by atoms with Crippen LogP contribution in [0.2, 0.25) is 0 Å². The summed E-state index contributed by atoms with van der Waals surface area (Å²) in [5.74, 6) is -2.03. The van der Waals surface area contributed by atoms with Gasteiger partial charge in [-0.15, -0.1) is 0 Å². The summed E-state index contributed by atoms with van der Waals surface area (Å²) >= 11 is 0. The fraction of sp³-hybridized carbons (Fsp3) is 0.731. The van der Waals surface area contributed by atoms with E-state index in [4.69, 9.17) is 9.47 Å². The normalized spacial score (nSPS) is 36.7. The maximum atomic E-state index is 14.2. The zero-order valence-electron chi connectivity index (χ0n) is 21.3. The van der Waals surface area contributed by atoms with Crippen LogP contribution in [-0.2, 0) is 23.9 Å². The van der Waals surface area contributed by atoms with Gasteiger partial charge in [-0.05, 0) is 12.8 Å². The molecule has 0 aromatic heterocycles. The first kappa shape index (κ1) is 25.4. The second-order valence-corrected chi connectivity index (χ2v) is 10.5. The summed E-state index contributed by atoms with van der Waals surface area (Å²) in [5.41, 5.74) is -2.17. The van der Waals surface area contributed by atoms with Gasteiger partial charge in [0.15, 0.2) is 0 Å². The molecular formula is C26H38N4O6. The number of likely N-dealkylation sites (tertiary alicyclic amines) is 1. The number of hydrogen-bond donors (Lipinski definition) is 1. The molecule has 3 amide bonds. The van der Waals surface area contributed by atoms with Crippen LogP contribution >= 0.6 is 0 Å². The van der Waals surface area contributed by atoms with Gasteiger partial charge < -0.3 is 29.3 Å². The number of nitrogens with zero attached hydrogens (tertiary/aromatic N) is 4. The molecule has 1 unspecified atom stereocenters. The van der Waals surface area contributed by atoms with Gasteiger partial charge in [0, 0.05) is 59.5 Å². The third-order valence-corrected chi connectivity index (χ3v) is 8.57. The molecule has 0 saturated carbocycles. The highest BCUT2D eigenvalue weighted by Gasteiger charge is 2.75. The van der Waals surface area contributed by atoms with Gasteiger partial charge in [0.1, 0.15) is 11.6 Å². The van der Waals surface area contributed by atoms with Crippen molar-refractivity contribution < 1.29 is 29.0 Å². The Balaban J connectivity index is 1.52. The number of amides is 3. The topological polar surface area (TPSA) is 103 Å². The SMILES string of the molecule is CC[C@]12C=CCN(C)C(=O)[C@H]1[C@H]1C(=O)N(CCCO)C3C(=O)N(CCN4CCOCC4)CC=C[C@@]31O2. The highest BCUT2D eigenvalue weighted by atomic mass is 16.5. The van der Waals surface area contributed by atoms with E-state index >= 15 is 0 Å². The molecule has 10 nitrogen and oxygen atoms in total. The van der Waals surface area contributed by atoms with Crippen LogP contribution in [0.4, 0.5) is 0 Å². The highest BCUT2D eigenvalue weighted by molar-refractivity contribution is 6.00. The lowest BCUT2D eigenvalue weighted by Crippen LogP contribution is -2.57. The molecule has 10 heteroatoms. The zero-order valence-corrected chi connectivity index (χ0v) is 21.3. The lowest BCUT2D eigenvalue weighted by atomic mass is 9.73. The predicted octanol–water partition coefficient (Wildman–Crippen LogP) is -0.511. The standard InChI is InChI=1S/C26H38N4O6/c1-3-25-7-4-9-27(2)22(32)19(25)20-23(33)30(11-6-16-31)21-24(34)29(10-5-8-26(20,21)36-25)13-12-28-14-17-35-18-15-28/h4-5,7-8,19-21,31H,3,6,9-18H2,1-2H3/t19-,20+,21?,25+,26+/m1/s1. The van der Waals surface area contributed by atoms with Crippen LogP contribution in [0, 0.1) is 11.8 Å². The molecule has 0 radical (unpaired) electrons. The molecule has 0 aromatic carbocycles. The molecule has 5 heterocycles. The minimum Gasteiger partial charge on any atom is -0.396 e. The summed E-state index contributed by atoms with van der Waals surface area (Å²) in [6.07, 6.45) is 8.56. The molecule has 1 spiro atoms. The average molecular weight is 503 g/mol. The van der Waals surface area contributed by atoms with Crippen molar-refractivity contribution in [1.29, 1.82) is 0 Å². The number of carbonyl (C=O) groups excluding carboxylic acids is 3. The zero-order chi connectivity index (χ0) is 25.5. The van der Waals surface area contributed by atoms with Crippen LogP contribution in [0.25, 0.3) is 0 Å². The molecule has 0 aromatic rings. The van der Waals surface area contributed by atoms with E-state index in [1.807, 2.05) is 31.2 Å². The Morgan fingerprint density at radius 2 is 1.72 bits per heavy atom. The van der Waals surface area contributed by atoms with Crippen molar-refractivity contribution in [1.82, 2.24) is 19.6 Å². The molecule has 198 valence electrons. The van der Waals surface area contributed by atoms with Gasteiger partial charge in [-0.3, -0.25) is 19.3 Å². The molecule has 3 saturated heterocycles. The molecule has 5 atom stereocenters. The van der Waals surface area contributed by atoms with Crippen molar-refractivity contribution in [2.75, 3.05) is 72.7 Å². The van der Waals surface area contributed by atoms with Gasteiger partial charge in [-0.2, -0.15) is 0 Å². The number of rotatable bonds is 7. The first-order valence-corrected chi connectivity index (χ1v) is 13.2. The van der Waals surface area contributed by atoms with E-state index in [2.05, 4.69) is 4.90 Å². The third kappa shape index (κ3) is 3.89. The number of morpholine rings is 1. The maximum Gasteiger partial charge on any atom is 0.249 e. The molecule has 0 bridgehead atoms. The Labute approximate surface area is 212 Å². The molecule has 0 aliphatic carbocycles. The fourth-order valence-corrected chi connectivity index (χ4v) is 6.70. The second-order valence-electron chi connectivity index (χ2n) is 10.5. The largest absolute Gasteiger partial charge is 0.396 e. The maximum absolute atomic E-state index is 14.2. The van der Waals surface area contributed by atoms with Crippen molar-refractivity contribution in [3.05, 3.63) is 24.3 Å². The minimum atomic E-state index is -1.23. The molecule has 1 N–H and O–H groups in total. The number of ether oxygens (including phenoxy) is 2. The first-order chi connectivity index (χ1) is 17.4. The van der Waals surface area contributed by atoms with E-state index in [1.165, 1.54) is 0 Å². The number of aliphatic hydroxyl groups is 1. The highest BCUT2D eigenvalue weighted by Crippen LogP contribution is 2.58. The molecular weight excluding hydrogens is 464 g/mol. The first-order valence-electron chi connectivity index (χ1n) is 13.2. The summed E-state index contributed by atoms with van der Waals surface area (Å²) in [7, 11) is 1.74. The average Bonchev–Trinajstić information content (AvgIpc) is 3.18. The monoisotopic (exact) mass is 502 g/mol. The van der Waals surface area contributed by atoms with Crippen molar-refractivity contribution in [3.8, 4) is 0 Å². The number of likely N-dealkylation sites (N-methyl/N-ethyl adjacent to an activating group) is 1. The predicted molar refractivity (Wildman–Crippen MR) is 131 cm³/mol. The molecule has 3 fully saturated rings. The number of aliphatic hydroxyl groups excluding tert-OH is 1. The van der Waals surface area contributed by atoms with E-state index in [9.17, 15) is 19.5 Å². The molecule has 5 aliphatic heterocycles. The Morgan fingerprint density at radius 1 is 0.972 bits per heavy atom. The third-order valence-electron chi connectivity index (χ3n) is 8.57. The van der Waals surface area contributed by atoms with E-state index in [0.29, 0.717) is 45.7 Å². The van der Waals surface area contributed by atoms with Gasteiger partial charge in [0.05, 0.1) is 30.7 Å². The van der Waals surface area contributed by atoms with E-state index in [-0.39, 0.29) is 30.9 Å². The number of carbonyl (C=O) groups is 3. The molecule has 36 heavy (non-hydrogen) atoms. The minimum absolute atomic E-state index is 0.0907. The van der Waals surface area contributed by atoms with Gasteiger partial charge >= 0.3 is 0 Å². The van der Waals surface area contributed by atoms with Crippen molar-refractivity contribution in [2.45, 2.75) is 37.0 Å². The Morgan fingerprint density at radius 3 is 2.44 bits per heavy atom. The summed E-state index contributed by atoms with van der Waals surface area (Å²) in [6.45, 7) is 7.30. The lowest BCUT2D eigenvalue weighted by Gasteiger charge is -2.38.